The van der Waals surface area contributed by atoms with Gasteiger partial charge in [0.25, 0.3) is 0 Å². The van der Waals surface area contributed by atoms with Gasteiger partial charge in [0.15, 0.2) is 23.1 Å². The van der Waals surface area contributed by atoms with E-state index in [0.29, 0.717) is 18.0 Å². The van der Waals surface area contributed by atoms with Gasteiger partial charge in [-0.15, -0.1) is 0 Å². The highest BCUT2D eigenvalue weighted by Gasteiger charge is 2.09. The monoisotopic (exact) mass is 289 g/mol. The quantitative estimate of drug-likeness (QED) is 0.778. The molecule has 0 amide bonds. The number of nitrogens with one attached hydrogen (secondary N) is 1. The first-order chi connectivity index (χ1) is 10.2. The zero-order valence-electron chi connectivity index (χ0n) is 12.4. The molecule has 0 heterocycles. The minimum atomic E-state index is -0.378. The first-order valence-corrected chi connectivity index (χ1v) is 7.04. The van der Waals surface area contributed by atoms with E-state index in [1.165, 1.54) is 6.07 Å². The van der Waals surface area contributed by atoms with E-state index in [9.17, 15) is 4.39 Å². The standard InChI is InChI=1S/C17H20FNO2/c1-3-10-19-12-13-8-9-15(14(18)11-13)21-17-7-5-4-6-16(17)20-2/h4-9,11,19H,3,10,12H2,1-2H3. The van der Waals surface area contributed by atoms with E-state index in [1.54, 1.807) is 25.3 Å². The average molecular weight is 289 g/mol. The number of halogens is 1. The minimum absolute atomic E-state index is 0.193. The van der Waals surface area contributed by atoms with E-state index in [0.717, 1.165) is 18.5 Å². The first-order valence-electron chi connectivity index (χ1n) is 7.04. The molecular formula is C17H20FNO2. The fraction of sp³-hybridized carbons (Fsp3) is 0.294. The van der Waals surface area contributed by atoms with Gasteiger partial charge in [-0.05, 0) is 42.8 Å². The number of rotatable bonds is 7. The summed E-state index contributed by atoms with van der Waals surface area (Å²) >= 11 is 0. The van der Waals surface area contributed by atoms with Crippen LogP contribution in [0.3, 0.4) is 0 Å². The molecule has 0 bridgehead atoms. The van der Waals surface area contributed by atoms with Gasteiger partial charge in [0.05, 0.1) is 7.11 Å². The molecular weight excluding hydrogens is 269 g/mol. The summed E-state index contributed by atoms with van der Waals surface area (Å²) in [6.07, 6.45) is 1.05. The van der Waals surface area contributed by atoms with Gasteiger partial charge in [0.2, 0.25) is 0 Å². The van der Waals surface area contributed by atoms with Crippen molar-refractivity contribution in [2.24, 2.45) is 0 Å². The van der Waals surface area contributed by atoms with Gasteiger partial charge >= 0.3 is 0 Å². The average Bonchev–Trinajstić information content (AvgIpc) is 2.50. The number of hydrogen-bond acceptors (Lipinski definition) is 3. The molecule has 0 atom stereocenters. The predicted octanol–water partition coefficient (Wildman–Crippen LogP) is 4.13. The molecule has 0 aliphatic rings. The second-order valence-corrected chi connectivity index (χ2v) is 4.69. The van der Waals surface area contributed by atoms with Gasteiger partial charge < -0.3 is 14.8 Å². The summed E-state index contributed by atoms with van der Waals surface area (Å²) in [6.45, 7) is 3.67. The Morgan fingerprint density at radius 2 is 1.81 bits per heavy atom. The molecule has 0 aliphatic heterocycles. The lowest BCUT2D eigenvalue weighted by Gasteiger charge is -2.11. The molecule has 2 rings (SSSR count). The highest BCUT2D eigenvalue weighted by molar-refractivity contribution is 5.43. The molecule has 0 saturated heterocycles. The second kappa shape index (κ2) is 7.64. The maximum absolute atomic E-state index is 14.1. The van der Waals surface area contributed by atoms with Crippen LogP contribution in [0.4, 0.5) is 4.39 Å². The molecule has 4 heteroatoms. The molecule has 0 spiro atoms. The van der Waals surface area contributed by atoms with Crippen molar-refractivity contribution in [2.75, 3.05) is 13.7 Å². The van der Waals surface area contributed by atoms with Crippen LogP contribution in [0.1, 0.15) is 18.9 Å². The highest BCUT2D eigenvalue weighted by atomic mass is 19.1. The largest absolute Gasteiger partial charge is 0.493 e. The molecule has 0 radical (unpaired) electrons. The van der Waals surface area contributed by atoms with Crippen LogP contribution in [0.15, 0.2) is 42.5 Å². The van der Waals surface area contributed by atoms with Crippen molar-refractivity contribution in [1.82, 2.24) is 5.32 Å². The Bertz CT molecular complexity index is 587. The van der Waals surface area contributed by atoms with E-state index in [4.69, 9.17) is 9.47 Å². The number of methoxy groups -OCH3 is 1. The first kappa shape index (κ1) is 15.3. The number of ether oxygens (including phenoxy) is 2. The van der Waals surface area contributed by atoms with Crippen molar-refractivity contribution < 1.29 is 13.9 Å². The van der Waals surface area contributed by atoms with Gasteiger partial charge in [-0.2, -0.15) is 0 Å². The lowest BCUT2D eigenvalue weighted by atomic mass is 10.2. The Morgan fingerprint density at radius 1 is 1.05 bits per heavy atom. The Kier molecular flexibility index (Phi) is 5.58. The van der Waals surface area contributed by atoms with Crippen LogP contribution in [-0.2, 0) is 6.54 Å². The molecule has 0 aromatic heterocycles. The van der Waals surface area contributed by atoms with Crippen LogP contribution in [0.2, 0.25) is 0 Å². The maximum atomic E-state index is 14.1. The van der Waals surface area contributed by atoms with E-state index in [2.05, 4.69) is 12.2 Å². The summed E-state index contributed by atoms with van der Waals surface area (Å²) in [7, 11) is 1.56. The third-order valence-corrected chi connectivity index (χ3v) is 3.04. The summed E-state index contributed by atoms with van der Waals surface area (Å²) in [5.74, 6) is 0.886. The lowest BCUT2D eigenvalue weighted by molar-refractivity contribution is 0.371. The normalized spacial score (nSPS) is 10.4. The minimum Gasteiger partial charge on any atom is -0.493 e. The molecule has 0 aliphatic carbocycles. The van der Waals surface area contributed by atoms with E-state index in [1.807, 2.05) is 18.2 Å². The van der Waals surface area contributed by atoms with Gasteiger partial charge in [-0.3, -0.25) is 0 Å². The Morgan fingerprint density at radius 3 is 2.48 bits per heavy atom. The molecule has 2 aromatic carbocycles. The number of benzene rings is 2. The maximum Gasteiger partial charge on any atom is 0.169 e. The molecule has 21 heavy (non-hydrogen) atoms. The van der Waals surface area contributed by atoms with E-state index >= 15 is 0 Å². The van der Waals surface area contributed by atoms with Crippen LogP contribution >= 0.6 is 0 Å². The van der Waals surface area contributed by atoms with Crippen molar-refractivity contribution in [2.45, 2.75) is 19.9 Å². The predicted molar refractivity (Wildman–Crippen MR) is 81.5 cm³/mol. The molecule has 0 fully saturated rings. The Hall–Kier alpha value is -2.07. The second-order valence-electron chi connectivity index (χ2n) is 4.69. The number of para-hydroxylation sites is 2. The van der Waals surface area contributed by atoms with Crippen molar-refractivity contribution in [3.8, 4) is 17.2 Å². The molecule has 112 valence electrons. The van der Waals surface area contributed by atoms with E-state index < -0.39 is 0 Å². The molecule has 1 N–H and O–H groups in total. The smallest absolute Gasteiger partial charge is 0.169 e. The number of hydrogen-bond donors (Lipinski definition) is 1. The molecule has 0 unspecified atom stereocenters. The summed E-state index contributed by atoms with van der Waals surface area (Å²) in [5, 5.41) is 3.24. The highest BCUT2D eigenvalue weighted by Crippen LogP contribution is 2.32. The third-order valence-electron chi connectivity index (χ3n) is 3.04. The fourth-order valence-electron chi connectivity index (χ4n) is 1.97. The van der Waals surface area contributed by atoms with Gasteiger partial charge in [-0.1, -0.05) is 25.1 Å². The van der Waals surface area contributed by atoms with Crippen LogP contribution < -0.4 is 14.8 Å². The summed E-state index contributed by atoms with van der Waals surface area (Å²) in [4.78, 5) is 0. The third kappa shape index (κ3) is 4.20. The van der Waals surface area contributed by atoms with Gasteiger partial charge in [-0.25, -0.2) is 4.39 Å². The lowest BCUT2D eigenvalue weighted by Crippen LogP contribution is -2.13. The van der Waals surface area contributed by atoms with Crippen LogP contribution in [0.25, 0.3) is 0 Å². The van der Waals surface area contributed by atoms with Crippen molar-refractivity contribution >= 4 is 0 Å². The van der Waals surface area contributed by atoms with Crippen LogP contribution in [0, 0.1) is 5.82 Å². The summed E-state index contributed by atoms with van der Waals surface area (Å²) in [6, 6.07) is 12.2. The van der Waals surface area contributed by atoms with Gasteiger partial charge in [0, 0.05) is 6.54 Å². The van der Waals surface area contributed by atoms with Crippen LogP contribution in [0.5, 0.6) is 17.2 Å². The molecule has 3 nitrogen and oxygen atoms in total. The topological polar surface area (TPSA) is 30.5 Å². The zero-order valence-corrected chi connectivity index (χ0v) is 12.4. The SMILES string of the molecule is CCCNCc1ccc(Oc2ccccc2OC)c(F)c1. The zero-order chi connectivity index (χ0) is 15.1. The summed E-state index contributed by atoms with van der Waals surface area (Å²) in [5.41, 5.74) is 0.897. The van der Waals surface area contributed by atoms with Crippen LogP contribution in [-0.4, -0.2) is 13.7 Å². The Labute approximate surface area is 124 Å². The fourth-order valence-corrected chi connectivity index (χ4v) is 1.97. The summed E-state index contributed by atoms with van der Waals surface area (Å²) < 4.78 is 24.9. The van der Waals surface area contributed by atoms with Crippen molar-refractivity contribution in [3.05, 3.63) is 53.8 Å². The van der Waals surface area contributed by atoms with Crippen molar-refractivity contribution in [3.63, 3.8) is 0 Å². The van der Waals surface area contributed by atoms with Gasteiger partial charge in [0.1, 0.15) is 0 Å². The molecule has 2 aromatic rings. The molecule has 0 saturated carbocycles. The Balaban J connectivity index is 2.10. The van der Waals surface area contributed by atoms with Crippen molar-refractivity contribution in [1.29, 1.82) is 0 Å². The van der Waals surface area contributed by atoms with E-state index in [-0.39, 0.29) is 11.6 Å².